The number of nitrogens with one attached hydrogen (secondary N) is 2. The molecule has 1 atom stereocenters. The number of halogens is 2. The minimum absolute atomic E-state index is 0.0873. The molecule has 2 aliphatic heterocycles. The quantitative estimate of drug-likeness (QED) is 0.219. The fraction of sp³-hybridized carbons (Fsp3) is 0.333. The first kappa shape index (κ1) is 29.5. The predicted octanol–water partition coefficient (Wildman–Crippen LogP) is 3.51. The summed E-state index contributed by atoms with van der Waals surface area (Å²) < 4.78 is 57.5. The Morgan fingerprint density at radius 1 is 1.13 bits per heavy atom. The van der Waals surface area contributed by atoms with Gasteiger partial charge in [-0.25, -0.2) is 22.2 Å². The fourth-order valence-corrected chi connectivity index (χ4v) is 7.90. The van der Waals surface area contributed by atoms with Crippen LogP contribution < -0.4 is 20.7 Å². The van der Waals surface area contributed by atoms with Crippen LogP contribution in [0.3, 0.4) is 0 Å². The van der Waals surface area contributed by atoms with Crippen LogP contribution in [-0.4, -0.2) is 66.5 Å². The molecule has 0 radical (unpaired) electrons. The monoisotopic (exact) mass is 652 g/mol. The van der Waals surface area contributed by atoms with Gasteiger partial charge in [-0.1, -0.05) is 23.5 Å². The lowest BCUT2D eigenvalue weighted by Crippen LogP contribution is -2.71. The van der Waals surface area contributed by atoms with E-state index < -0.39 is 33.5 Å². The van der Waals surface area contributed by atoms with E-state index >= 15 is 0 Å². The van der Waals surface area contributed by atoms with Gasteiger partial charge in [0, 0.05) is 73.6 Å². The average molecular weight is 653 g/mol. The summed E-state index contributed by atoms with van der Waals surface area (Å²) in [5.41, 5.74) is 9.32. The summed E-state index contributed by atoms with van der Waals surface area (Å²) in [7, 11) is -1.90. The molecule has 0 bridgehead atoms. The maximum absolute atomic E-state index is 14.2. The molecule has 0 aliphatic carbocycles. The molecule has 11 nitrogen and oxygen atoms in total. The molecule has 1 spiro atoms. The number of sulfonamides is 1. The van der Waals surface area contributed by atoms with Gasteiger partial charge in [0.1, 0.15) is 11.6 Å². The predicted molar refractivity (Wildman–Crippen MR) is 170 cm³/mol. The van der Waals surface area contributed by atoms with E-state index in [1.807, 2.05) is 12.1 Å². The van der Waals surface area contributed by atoms with E-state index in [-0.39, 0.29) is 18.7 Å². The number of pyridine rings is 1. The number of anilines is 2. The minimum atomic E-state index is -3.61. The zero-order valence-electron chi connectivity index (χ0n) is 24.5. The van der Waals surface area contributed by atoms with Crippen molar-refractivity contribution in [1.29, 1.82) is 0 Å². The van der Waals surface area contributed by atoms with Crippen LogP contribution in [0.25, 0.3) is 32.4 Å². The van der Waals surface area contributed by atoms with Gasteiger partial charge in [0.2, 0.25) is 15.9 Å². The van der Waals surface area contributed by atoms with Crippen molar-refractivity contribution in [1.82, 2.24) is 25.1 Å². The van der Waals surface area contributed by atoms with Gasteiger partial charge in [-0.2, -0.15) is 10.1 Å². The largest absolute Gasteiger partial charge is 0.370 e. The standard InChI is InChI=1S/C30H30F2N8O3S2/c1-39-26-20(4-3-5-21(26)27(37-39)38-45(2,42)43)22-11-23-28(36-29(44-23)40-14-30(15-40)12-34-13-30)35-25(22)17(9-24(33)41)6-16-7-18(31)10-19(32)8-16/h3-5,7-8,10-11,17,34H,6,9,12-15H2,1-2H3,(H2,33,41)(H,37,38)/t17-/m0/s1. The first-order chi connectivity index (χ1) is 21.4. The number of para-hydroxylation sites is 1. The molecule has 3 aromatic heterocycles. The highest BCUT2D eigenvalue weighted by Crippen LogP contribution is 2.43. The van der Waals surface area contributed by atoms with Crippen LogP contribution in [0.2, 0.25) is 0 Å². The van der Waals surface area contributed by atoms with Crippen molar-refractivity contribution < 1.29 is 22.0 Å². The molecule has 2 fully saturated rings. The van der Waals surface area contributed by atoms with Gasteiger partial charge in [0.05, 0.1) is 22.2 Å². The van der Waals surface area contributed by atoms with Crippen LogP contribution in [0.4, 0.5) is 19.7 Å². The van der Waals surface area contributed by atoms with Gasteiger partial charge in [0.25, 0.3) is 0 Å². The van der Waals surface area contributed by atoms with E-state index in [4.69, 9.17) is 15.7 Å². The SMILES string of the molecule is Cn1nc(NS(C)(=O)=O)c2cccc(-c3cc4sc(N5CC6(CNC6)C5)nc4nc3[C@H](CC(N)=O)Cc3cc(F)cc(F)c3)c21. The van der Waals surface area contributed by atoms with Crippen LogP contribution in [0.1, 0.15) is 23.6 Å². The zero-order valence-corrected chi connectivity index (χ0v) is 26.1. The van der Waals surface area contributed by atoms with E-state index in [0.29, 0.717) is 44.3 Å². The number of nitrogens with zero attached hydrogens (tertiary/aromatic N) is 5. The molecule has 234 valence electrons. The van der Waals surface area contributed by atoms with E-state index in [1.54, 1.807) is 23.9 Å². The van der Waals surface area contributed by atoms with Crippen molar-refractivity contribution in [2.24, 2.45) is 18.2 Å². The van der Waals surface area contributed by atoms with Crippen LogP contribution in [0.5, 0.6) is 0 Å². The van der Waals surface area contributed by atoms with Crippen molar-refractivity contribution in [3.8, 4) is 11.1 Å². The normalized spacial score (nSPS) is 16.6. The maximum atomic E-state index is 14.2. The molecular weight excluding hydrogens is 623 g/mol. The number of carbonyl (C=O) groups is 1. The number of aryl methyl sites for hydroxylation is 1. The maximum Gasteiger partial charge on any atom is 0.231 e. The summed E-state index contributed by atoms with van der Waals surface area (Å²) in [4.78, 5) is 24.5. The van der Waals surface area contributed by atoms with E-state index in [9.17, 15) is 22.0 Å². The van der Waals surface area contributed by atoms with Crippen molar-refractivity contribution in [2.75, 3.05) is 42.1 Å². The van der Waals surface area contributed by atoms with Crippen molar-refractivity contribution >= 4 is 59.5 Å². The first-order valence-corrected chi connectivity index (χ1v) is 17.0. The van der Waals surface area contributed by atoms with Gasteiger partial charge >= 0.3 is 0 Å². The number of thiazole rings is 1. The summed E-state index contributed by atoms with van der Waals surface area (Å²) in [6.07, 6.45) is 1.01. The molecular formula is C30H30F2N8O3S2. The van der Waals surface area contributed by atoms with Gasteiger partial charge in [-0.05, 0) is 36.2 Å². The Kier molecular flexibility index (Phi) is 7.02. The van der Waals surface area contributed by atoms with Gasteiger partial charge in [0.15, 0.2) is 16.6 Å². The smallest absolute Gasteiger partial charge is 0.231 e. The Bertz CT molecular complexity index is 2080. The highest BCUT2D eigenvalue weighted by atomic mass is 32.2. The molecule has 0 saturated carbocycles. The fourth-order valence-electron chi connectivity index (χ4n) is 6.46. The second kappa shape index (κ2) is 10.7. The third-order valence-corrected chi connectivity index (χ3v) is 10.0. The molecule has 0 unspecified atom stereocenters. The number of primary amides is 1. The molecule has 4 N–H and O–H groups in total. The number of fused-ring (bicyclic) bond motifs is 2. The Morgan fingerprint density at radius 3 is 2.51 bits per heavy atom. The number of rotatable bonds is 9. The molecule has 7 rings (SSSR count). The zero-order chi connectivity index (χ0) is 31.7. The van der Waals surface area contributed by atoms with E-state index in [2.05, 4.69) is 20.0 Å². The lowest BCUT2D eigenvalue weighted by Gasteiger charge is -2.56. The number of hydrogen-bond acceptors (Lipinski definition) is 9. The summed E-state index contributed by atoms with van der Waals surface area (Å²) in [5, 5.41) is 9.18. The molecule has 2 saturated heterocycles. The number of benzene rings is 2. The number of carbonyl (C=O) groups excluding carboxylic acids is 1. The Labute approximate surface area is 261 Å². The number of amides is 1. The Hall–Kier alpha value is -4.21. The van der Waals surface area contributed by atoms with Crippen LogP contribution in [0.15, 0.2) is 42.5 Å². The van der Waals surface area contributed by atoms with Gasteiger partial charge in [-0.15, -0.1) is 0 Å². The molecule has 2 aromatic carbocycles. The van der Waals surface area contributed by atoms with Crippen molar-refractivity contribution in [3.05, 3.63) is 65.4 Å². The van der Waals surface area contributed by atoms with Gasteiger partial charge < -0.3 is 16.0 Å². The second-order valence-corrected chi connectivity index (χ2v) is 14.9. The number of nitrogens with two attached hydrogens (primary N) is 1. The summed E-state index contributed by atoms with van der Waals surface area (Å²) in [5.74, 6) is -2.53. The Morgan fingerprint density at radius 2 is 1.87 bits per heavy atom. The lowest BCUT2D eigenvalue weighted by molar-refractivity contribution is -0.118. The molecule has 2 aliphatic rings. The Balaban J connectivity index is 1.41. The summed E-state index contributed by atoms with van der Waals surface area (Å²) in [6.45, 7) is 3.78. The summed E-state index contributed by atoms with van der Waals surface area (Å²) >= 11 is 1.52. The van der Waals surface area contributed by atoms with Crippen molar-refractivity contribution in [2.45, 2.75) is 18.8 Å². The van der Waals surface area contributed by atoms with Crippen LogP contribution in [-0.2, 0) is 28.3 Å². The molecule has 5 aromatic rings. The highest BCUT2D eigenvalue weighted by molar-refractivity contribution is 7.92. The average Bonchev–Trinajstić information content (AvgIpc) is 3.44. The minimum Gasteiger partial charge on any atom is -0.370 e. The van der Waals surface area contributed by atoms with Crippen LogP contribution >= 0.6 is 11.3 Å². The molecule has 5 heterocycles. The van der Waals surface area contributed by atoms with Crippen LogP contribution in [0, 0.1) is 17.0 Å². The van der Waals surface area contributed by atoms with Gasteiger partial charge in [-0.3, -0.25) is 14.2 Å². The summed E-state index contributed by atoms with van der Waals surface area (Å²) in [6, 6.07) is 10.6. The second-order valence-electron chi connectivity index (χ2n) is 12.1. The van der Waals surface area contributed by atoms with Crippen molar-refractivity contribution in [3.63, 3.8) is 0 Å². The third-order valence-electron chi connectivity index (χ3n) is 8.40. The van der Waals surface area contributed by atoms with E-state index in [0.717, 1.165) is 48.3 Å². The molecule has 45 heavy (non-hydrogen) atoms. The number of hydrogen-bond donors (Lipinski definition) is 3. The first-order valence-electron chi connectivity index (χ1n) is 14.3. The highest BCUT2D eigenvalue weighted by Gasteiger charge is 2.48. The lowest BCUT2D eigenvalue weighted by atomic mass is 9.75. The topological polar surface area (TPSA) is 148 Å². The third kappa shape index (κ3) is 5.59. The molecule has 15 heteroatoms. The molecule has 1 amide bonds. The number of aromatic nitrogens is 4. The van der Waals surface area contributed by atoms with E-state index in [1.165, 1.54) is 23.5 Å².